The van der Waals surface area contributed by atoms with Gasteiger partial charge in [0.2, 0.25) is 0 Å². The van der Waals surface area contributed by atoms with E-state index in [1.807, 2.05) is 0 Å². The van der Waals surface area contributed by atoms with E-state index < -0.39 is 17.3 Å². The van der Waals surface area contributed by atoms with Crippen LogP contribution in [0.1, 0.15) is 18.9 Å². The normalized spacial score (nSPS) is 14.3. The molecule has 88 valence electrons. The second-order valence-corrected chi connectivity index (χ2v) is 4.21. The van der Waals surface area contributed by atoms with E-state index in [9.17, 15) is 9.18 Å². The molecule has 0 amide bonds. The van der Waals surface area contributed by atoms with Gasteiger partial charge in [-0.2, -0.15) is 0 Å². The van der Waals surface area contributed by atoms with E-state index in [0.29, 0.717) is 5.56 Å². The molecule has 1 rings (SSSR count). The molecular weight excluding hydrogens is 233 g/mol. The van der Waals surface area contributed by atoms with Gasteiger partial charge >= 0.3 is 5.97 Å². The summed E-state index contributed by atoms with van der Waals surface area (Å²) in [6.45, 7) is 1.63. The molecule has 0 saturated carbocycles. The minimum absolute atomic E-state index is 0.0232. The van der Waals surface area contributed by atoms with Crippen LogP contribution in [-0.4, -0.2) is 13.1 Å². The second kappa shape index (κ2) is 4.80. The number of benzene rings is 1. The number of rotatable bonds is 3. The van der Waals surface area contributed by atoms with Crippen LogP contribution in [0.15, 0.2) is 18.2 Å². The highest BCUT2D eigenvalue weighted by Gasteiger charge is 2.26. The lowest BCUT2D eigenvalue weighted by molar-refractivity contribution is -0.141. The maximum absolute atomic E-state index is 13.2. The van der Waals surface area contributed by atoms with E-state index in [-0.39, 0.29) is 11.4 Å². The molecule has 0 aliphatic carbocycles. The van der Waals surface area contributed by atoms with E-state index in [1.54, 1.807) is 13.0 Å². The summed E-state index contributed by atoms with van der Waals surface area (Å²) >= 11 is 5.56. The average Bonchev–Trinajstić information content (AvgIpc) is 2.21. The van der Waals surface area contributed by atoms with Crippen LogP contribution < -0.4 is 5.73 Å². The number of esters is 1. The van der Waals surface area contributed by atoms with Crippen LogP contribution in [0.5, 0.6) is 0 Å². The average molecular weight is 246 g/mol. The smallest absolute Gasteiger partial charge is 0.307 e. The summed E-state index contributed by atoms with van der Waals surface area (Å²) in [4.78, 5) is 11.1. The molecule has 1 aromatic rings. The monoisotopic (exact) mass is 245 g/mol. The number of hydrogen-bond acceptors (Lipinski definition) is 3. The van der Waals surface area contributed by atoms with Crippen molar-refractivity contribution in [1.82, 2.24) is 0 Å². The number of nitrogens with two attached hydrogens (primary N) is 1. The molecule has 0 unspecified atom stereocenters. The Kier molecular flexibility index (Phi) is 3.88. The summed E-state index contributed by atoms with van der Waals surface area (Å²) in [5.41, 5.74) is 5.45. The van der Waals surface area contributed by atoms with Gasteiger partial charge in [-0.15, -0.1) is 0 Å². The molecule has 0 heterocycles. The highest BCUT2D eigenvalue weighted by atomic mass is 35.5. The Morgan fingerprint density at radius 3 is 2.75 bits per heavy atom. The van der Waals surface area contributed by atoms with Crippen LogP contribution in [-0.2, 0) is 15.1 Å². The fraction of sp³-hybridized carbons (Fsp3) is 0.364. The van der Waals surface area contributed by atoms with Gasteiger partial charge in [-0.25, -0.2) is 4.39 Å². The highest BCUT2D eigenvalue weighted by Crippen LogP contribution is 2.25. The number of methoxy groups -OCH3 is 1. The van der Waals surface area contributed by atoms with Gasteiger partial charge in [0, 0.05) is 5.54 Å². The molecule has 0 fully saturated rings. The third-order valence-electron chi connectivity index (χ3n) is 2.32. The van der Waals surface area contributed by atoms with Crippen LogP contribution >= 0.6 is 11.6 Å². The quantitative estimate of drug-likeness (QED) is 0.831. The Balaban J connectivity index is 2.97. The van der Waals surface area contributed by atoms with Crippen LogP contribution in [0, 0.1) is 5.82 Å². The molecule has 0 bridgehead atoms. The predicted octanol–water partition coefficient (Wildman–Crippen LogP) is 2.22. The van der Waals surface area contributed by atoms with Crippen molar-refractivity contribution in [3.8, 4) is 0 Å². The zero-order valence-corrected chi connectivity index (χ0v) is 9.84. The Hall–Kier alpha value is -1.13. The van der Waals surface area contributed by atoms with Gasteiger partial charge in [0.1, 0.15) is 5.82 Å². The van der Waals surface area contributed by atoms with Crippen LogP contribution in [0.4, 0.5) is 4.39 Å². The molecule has 1 aromatic carbocycles. The van der Waals surface area contributed by atoms with E-state index >= 15 is 0 Å². The van der Waals surface area contributed by atoms with Gasteiger partial charge in [-0.05, 0) is 24.6 Å². The third-order valence-corrected chi connectivity index (χ3v) is 2.62. The molecule has 5 heteroatoms. The van der Waals surface area contributed by atoms with Crippen molar-refractivity contribution >= 4 is 17.6 Å². The zero-order valence-electron chi connectivity index (χ0n) is 9.09. The van der Waals surface area contributed by atoms with Gasteiger partial charge in [-0.3, -0.25) is 4.79 Å². The fourth-order valence-electron chi connectivity index (χ4n) is 1.33. The molecule has 0 spiro atoms. The highest BCUT2D eigenvalue weighted by molar-refractivity contribution is 6.30. The minimum Gasteiger partial charge on any atom is -0.469 e. The van der Waals surface area contributed by atoms with Gasteiger partial charge in [-0.1, -0.05) is 17.7 Å². The van der Waals surface area contributed by atoms with Gasteiger partial charge in [0.15, 0.2) is 0 Å². The molecule has 0 aliphatic rings. The molecule has 1 atom stereocenters. The summed E-state index contributed by atoms with van der Waals surface area (Å²) < 4.78 is 17.7. The van der Waals surface area contributed by atoms with Crippen LogP contribution in [0.25, 0.3) is 0 Å². The molecule has 0 aliphatic heterocycles. The van der Waals surface area contributed by atoms with E-state index in [1.165, 1.54) is 19.2 Å². The Morgan fingerprint density at radius 1 is 1.62 bits per heavy atom. The van der Waals surface area contributed by atoms with Gasteiger partial charge in [0.25, 0.3) is 0 Å². The van der Waals surface area contributed by atoms with Crippen molar-refractivity contribution in [2.45, 2.75) is 18.9 Å². The number of halogens is 2. The Morgan fingerprint density at radius 2 is 2.25 bits per heavy atom. The molecule has 0 aromatic heterocycles. The van der Waals surface area contributed by atoms with E-state index in [4.69, 9.17) is 17.3 Å². The Bertz CT molecular complexity index is 407. The summed E-state index contributed by atoms with van der Waals surface area (Å²) in [5.74, 6) is -0.999. The van der Waals surface area contributed by atoms with Crippen LogP contribution in [0.3, 0.4) is 0 Å². The maximum atomic E-state index is 13.2. The van der Waals surface area contributed by atoms with Gasteiger partial charge < -0.3 is 10.5 Å². The first-order valence-corrected chi connectivity index (χ1v) is 5.06. The first-order chi connectivity index (χ1) is 7.36. The topological polar surface area (TPSA) is 52.3 Å². The lowest BCUT2D eigenvalue weighted by Crippen LogP contribution is -2.36. The number of ether oxygens (including phenoxy) is 1. The lowest BCUT2D eigenvalue weighted by Gasteiger charge is -2.23. The summed E-state index contributed by atoms with van der Waals surface area (Å²) in [6, 6.07) is 4.23. The van der Waals surface area contributed by atoms with Crippen molar-refractivity contribution < 1.29 is 13.9 Å². The van der Waals surface area contributed by atoms with E-state index in [0.717, 1.165) is 0 Å². The van der Waals surface area contributed by atoms with Crippen LogP contribution in [0.2, 0.25) is 5.02 Å². The lowest BCUT2D eigenvalue weighted by atomic mass is 9.90. The van der Waals surface area contributed by atoms with Crippen molar-refractivity contribution in [2.75, 3.05) is 7.11 Å². The standard InChI is InChI=1S/C11H13ClFNO2/c1-11(14,6-10(15)16-2)7-3-4-8(12)9(13)5-7/h3-5H,6,14H2,1-2H3/t11-/m0/s1. The van der Waals surface area contributed by atoms with Crippen molar-refractivity contribution in [2.24, 2.45) is 5.73 Å². The number of carbonyl (C=O) groups is 1. The minimum atomic E-state index is -0.974. The summed E-state index contributed by atoms with van der Waals surface area (Å²) in [5, 5.41) is 0.0256. The number of hydrogen-bond donors (Lipinski definition) is 1. The predicted molar refractivity (Wildman–Crippen MR) is 59.6 cm³/mol. The molecule has 0 saturated heterocycles. The first kappa shape index (κ1) is 12.9. The fourth-order valence-corrected chi connectivity index (χ4v) is 1.44. The van der Waals surface area contributed by atoms with Crippen molar-refractivity contribution in [3.05, 3.63) is 34.6 Å². The summed E-state index contributed by atoms with van der Waals surface area (Å²) in [7, 11) is 1.28. The maximum Gasteiger partial charge on any atom is 0.307 e. The SMILES string of the molecule is COC(=O)C[C@](C)(N)c1ccc(Cl)c(F)c1. The van der Waals surface area contributed by atoms with Crippen molar-refractivity contribution in [1.29, 1.82) is 0 Å². The second-order valence-electron chi connectivity index (χ2n) is 3.80. The molecule has 16 heavy (non-hydrogen) atoms. The molecule has 2 N–H and O–H groups in total. The molecular formula is C11H13ClFNO2. The van der Waals surface area contributed by atoms with Crippen molar-refractivity contribution in [3.63, 3.8) is 0 Å². The van der Waals surface area contributed by atoms with E-state index in [2.05, 4.69) is 4.74 Å². The third kappa shape index (κ3) is 2.93. The summed E-state index contributed by atoms with van der Waals surface area (Å²) in [6.07, 6.45) is -0.0232. The molecule has 3 nitrogen and oxygen atoms in total. The Labute approximate surface area is 98.3 Å². The molecule has 0 radical (unpaired) electrons. The number of carbonyl (C=O) groups excluding carboxylic acids is 1. The first-order valence-electron chi connectivity index (χ1n) is 4.68. The zero-order chi connectivity index (χ0) is 12.3. The largest absolute Gasteiger partial charge is 0.469 e. The van der Waals surface area contributed by atoms with Gasteiger partial charge in [0.05, 0.1) is 18.6 Å².